The Labute approximate surface area is 68.4 Å². The van der Waals surface area contributed by atoms with Gasteiger partial charge in [-0.1, -0.05) is 0 Å². The third kappa shape index (κ3) is 0.947. The standard InChI is InChI=1S/C7H9NO4/c1-2-3(8)5(10)7(12)6(11)4(2)9/h5,9-11H,8H2,1H3. The van der Waals surface area contributed by atoms with E-state index in [2.05, 4.69) is 0 Å². The zero-order chi connectivity index (χ0) is 9.46. The minimum Gasteiger partial charge on any atom is -0.504 e. The Kier molecular flexibility index (Phi) is 1.81. The van der Waals surface area contributed by atoms with Crippen LogP contribution in [0.25, 0.3) is 0 Å². The molecule has 0 amide bonds. The van der Waals surface area contributed by atoms with Crippen molar-refractivity contribution in [1.29, 1.82) is 0 Å². The first-order chi connectivity index (χ1) is 5.46. The molecule has 0 aromatic carbocycles. The van der Waals surface area contributed by atoms with Gasteiger partial charge < -0.3 is 21.1 Å². The van der Waals surface area contributed by atoms with Crippen molar-refractivity contribution < 1.29 is 20.1 Å². The van der Waals surface area contributed by atoms with Gasteiger partial charge in [0.2, 0.25) is 11.5 Å². The van der Waals surface area contributed by atoms with E-state index in [9.17, 15) is 4.79 Å². The van der Waals surface area contributed by atoms with Gasteiger partial charge in [0.1, 0.15) is 0 Å². The minimum absolute atomic E-state index is 0.125. The van der Waals surface area contributed by atoms with Crippen LogP contribution in [0.2, 0.25) is 0 Å². The normalized spacial score (nSPS) is 25.2. The molecule has 5 nitrogen and oxygen atoms in total. The average molecular weight is 171 g/mol. The number of carbonyl (C=O) groups excluding carboxylic acids is 1. The van der Waals surface area contributed by atoms with Crippen molar-refractivity contribution in [2.24, 2.45) is 5.73 Å². The summed E-state index contributed by atoms with van der Waals surface area (Å²) in [4.78, 5) is 10.9. The molecule has 0 aromatic heterocycles. The van der Waals surface area contributed by atoms with E-state index in [0.29, 0.717) is 0 Å². The predicted molar refractivity (Wildman–Crippen MR) is 40.2 cm³/mol. The smallest absolute Gasteiger partial charge is 0.235 e. The first-order valence-corrected chi connectivity index (χ1v) is 3.28. The van der Waals surface area contributed by atoms with Gasteiger partial charge in [0, 0.05) is 5.57 Å². The predicted octanol–water partition coefficient (Wildman–Crippen LogP) is -0.510. The highest BCUT2D eigenvalue weighted by molar-refractivity contribution is 6.00. The summed E-state index contributed by atoms with van der Waals surface area (Å²) >= 11 is 0. The Balaban J connectivity index is 3.27. The van der Waals surface area contributed by atoms with E-state index in [1.54, 1.807) is 0 Å². The molecule has 1 atom stereocenters. The number of aliphatic hydroxyl groups excluding tert-OH is 3. The van der Waals surface area contributed by atoms with Crippen LogP contribution in [0.15, 0.2) is 22.8 Å². The molecule has 0 aliphatic heterocycles. The van der Waals surface area contributed by atoms with Gasteiger partial charge in [-0.2, -0.15) is 0 Å². The van der Waals surface area contributed by atoms with Crippen LogP contribution in [0, 0.1) is 0 Å². The van der Waals surface area contributed by atoms with E-state index in [1.807, 2.05) is 0 Å². The fourth-order valence-electron chi connectivity index (χ4n) is 0.907. The van der Waals surface area contributed by atoms with Gasteiger partial charge in [-0.3, -0.25) is 4.79 Å². The highest BCUT2D eigenvalue weighted by atomic mass is 16.3. The second-order valence-corrected chi connectivity index (χ2v) is 2.54. The van der Waals surface area contributed by atoms with Gasteiger partial charge in [-0.05, 0) is 6.92 Å². The van der Waals surface area contributed by atoms with Crippen LogP contribution in [0.4, 0.5) is 0 Å². The zero-order valence-corrected chi connectivity index (χ0v) is 6.40. The van der Waals surface area contributed by atoms with Crippen LogP contribution in [0.1, 0.15) is 6.92 Å². The van der Waals surface area contributed by atoms with E-state index in [4.69, 9.17) is 21.1 Å². The highest BCUT2D eigenvalue weighted by Crippen LogP contribution is 2.21. The molecule has 0 heterocycles. The third-order valence-electron chi connectivity index (χ3n) is 1.79. The maximum atomic E-state index is 10.9. The number of ketones is 1. The zero-order valence-electron chi connectivity index (χ0n) is 6.40. The molecule has 0 bridgehead atoms. The first-order valence-electron chi connectivity index (χ1n) is 3.28. The molecule has 1 unspecified atom stereocenters. The summed E-state index contributed by atoms with van der Waals surface area (Å²) in [5, 5.41) is 27.1. The lowest BCUT2D eigenvalue weighted by atomic mass is 9.98. The van der Waals surface area contributed by atoms with Crippen LogP contribution < -0.4 is 5.73 Å². The van der Waals surface area contributed by atoms with E-state index in [-0.39, 0.29) is 11.3 Å². The second kappa shape index (κ2) is 2.53. The van der Waals surface area contributed by atoms with E-state index >= 15 is 0 Å². The maximum absolute atomic E-state index is 10.9. The largest absolute Gasteiger partial charge is 0.504 e. The van der Waals surface area contributed by atoms with Crippen molar-refractivity contribution in [3.05, 3.63) is 22.8 Å². The molecule has 1 rings (SSSR count). The average Bonchev–Trinajstić information content (AvgIpc) is 2.08. The summed E-state index contributed by atoms with van der Waals surface area (Å²) in [6, 6.07) is 0. The van der Waals surface area contributed by atoms with Crippen LogP contribution >= 0.6 is 0 Å². The van der Waals surface area contributed by atoms with E-state index in [1.165, 1.54) is 6.92 Å². The Morgan fingerprint density at radius 2 is 1.83 bits per heavy atom. The summed E-state index contributed by atoms with van der Waals surface area (Å²) in [5.41, 5.74) is 5.26. The molecule has 5 heteroatoms. The lowest BCUT2D eigenvalue weighted by Crippen LogP contribution is -2.33. The molecule has 1 aliphatic carbocycles. The lowest BCUT2D eigenvalue weighted by Gasteiger charge is -2.18. The minimum atomic E-state index is -1.54. The topological polar surface area (TPSA) is 104 Å². The van der Waals surface area contributed by atoms with Crippen molar-refractivity contribution in [2.75, 3.05) is 0 Å². The molecule has 12 heavy (non-hydrogen) atoms. The summed E-state index contributed by atoms with van der Waals surface area (Å²) in [7, 11) is 0. The van der Waals surface area contributed by atoms with Crippen molar-refractivity contribution >= 4 is 5.78 Å². The molecular weight excluding hydrogens is 162 g/mol. The summed E-state index contributed by atoms with van der Waals surface area (Å²) in [6.45, 7) is 1.40. The Bertz CT molecular complexity index is 303. The van der Waals surface area contributed by atoms with Crippen molar-refractivity contribution in [3.63, 3.8) is 0 Å². The number of rotatable bonds is 0. The molecular formula is C7H9NO4. The second-order valence-electron chi connectivity index (χ2n) is 2.54. The Hall–Kier alpha value is -1.49. The highest BCUT2D eigenvalue weighted by Gasteiger charge is 2.31. The van der Waals surface area contributed by atoms with Crippen LogP contribution in [-0.4, -0.2) is 27.2 Å². The molecule has 0 saturated carbocycles. The Morgan fingerprint density at radius 1 is 1.33 bits per heavy atom. The molecule has 66 valence electrons. The van der Waals surface area contributed by atoms with E-state index < -0.39 is 23.4 Å². The number of allylic oxidation sites excluding steroid dienone is 1. The van der Waals surface area contributed by atoms with Crippen LogP contribution in [-0.2, 0) is 4.79 Å². The number of Topliss-reactive ketones (excluding diaryl/α,β-unsaturated/α-hetero) is 1. The molecule has 0 radical (unpaired) electrons. The monoisotopic (exact) mass is 171 g/mol. The quantitative estimate of drug-likeness (QED) is 0.393. The van der Waals surface area contributed by atoms with Gasteiger partial charge in [0.05, 0.1) is 5.70 Å². The van der Waals surface area contributed by atoms with Crippen molar-refractivity contribution in [1.82, 2.24) is 0 Å². The fraction of sp³-hybridized carbons (Fsp3) is 0.286. The molecule has 0 fully saturated rings. The molecule has 0 saturated heterocycles. The molecule has 1 aliphatic rings. The molecule has 5 N–H and O–H groups in total. The summed E-state index contributed by atoms with van der Waals surface area (Å²) < 4.78 is 0. The third-order valence-corrected chi connectivity index (χ3v) is 1.79. The number of carbonyl (C=O) groups is 1. The lowest BCUT2D eigenvalue weighted by molar-refractivity contribution is -0.124. The first kappa shape index (κ1) is 8.61. The SMILES string of the molecule is CC1=C(N)C(O)C(=O)C(O)=C1O. The van der Waals surface area contributed by atoms with E-state index in [0.717, 1.165) is 0 Å². The molecule has 0 aromatic rings. The Morgan fingerprint density at radius 3 is 2.33 bits per heavy atom. The molecule has 0 spiro atoms. The number of aliphatic hydroxyl groups is 3. The van der Waals surface area contributed by atoms with Gasteiger partial charge in [-0.25, -0.2) is 0 Å². The van der Waals surface area contributed by atoms with Crippen molar-refractivity contribution in [3.8, 4) is 0 Å². The summed E-state index contributed by atoms with van der Waals surface area (Å²) in [6.07, 6.45) is -1.54. The van der Waals surface area contributed by atoms with Gasteiger partial charge in [0.15, 0.2) is 11.9 Å². The van der Waals surface area contributed by atoms with Gasteiger partial charge in [0.25, 0.3) is 0 Å². The number of nitrogens with two attached hydrogens (primary N) is 1. The maximum Gasteiger partial charge on any atom is 0.235 e. The number of hydrogen-bond donors (Lipinski definition) is 4. The van der Waals surface area contributed by atoms with Gasteiger partial charge in [-0.15, -0.1) is 0 Å². The number of hydrogen-bond acceptors (Lipinski definition) is 5. The van der Waals surface area contributed by atoms with Gasteiger partial charge >= 0.3 is 0 Å². The summed E-state index contributed by atoms with van der Waals surface area (Å²) in [5.74, 6) is -2.38. The van der Waals surface area contributed by atoms with Crippen molar-refractivity contribution in [2.45, 2.75) is 13.0 Å². The van der Waals surface area contributed by atoms with Crippen LogP contribution in [0.5, 0.6) is 0 Å². The fourth-order valence-corrected chi connectivity index (χ4v) is 0.907. The van der Waals surface area contributed by atoms with Crippen LogP contribution in [0.3, 0.4) is 0 Å².